The third-order valence-electron chi connectivity index (χ3n) is 5.96. The second-order valence-corrected chi connectivity index (χ2v) is 8.49. The van der Waals surface area contributed by atoms with E-state index in [0.29, 0.717) is 18.9 Å². The second-order valence-electron chi connectivity index (χ2n) is 8.49. The molecule has 0 aliphatic carbocycles. The molecule has 0 aliphatic heterocycles. The van der Waals surface area contributed by atoms with Gasteiger partial charge in [-0.2, -0.15) is 0 Å². The molecular weight excluding hydrogens is 344 g/mol. The van der Waals surface area contributed by atoms with Gasteiger partial charge in [-0.05, 0) is 49.3 Å². The van der Waals surface area contributed by atoms with Crippen molar-refractivity contribution in [3.63, 3.8) is 0 Å². The summed E-state index contributed by atoms with van der Waals surface area (Å²) in [5, 5.41) is 0. The Morgan fingerprint density at radius 2 is 1.43 bits per heavy atom. The van der Waals surface area contributed by atoms with Crippen LogP contribution in [0.25, 0.3) is 0 Å². The lowest BCUT2D eigenvalue weighted by molar-refractivity contribution is -0.144. The lowest BCUT2D eigenvalue weighted by atomic mass is 9.95. The smallest absolute Gasteiger partial charge is 0.310 e. The first kappa shape index (κ1) is 24.7. The Morgan fingerprint density at radius 3 is 2.07 bits per heavy atom. The monoisotopic (exact) mass is 388 g/mol. The van der Waals surface area contributed by atoms with E-state index in [1.54, 1.807) is 0 Å². The molecule has 0 aliphatic rings. The van der Waals surface area contributed by atoms with Gasteiger partial charge in [-0.15, -0.1) is 0 Å². The fourth-order valence-electron chi connectivity index (χ4n) is 3.80. The van der Waals surface area contributed by atoms with E-state index in [2.05, 4.69) is 33.8 Å². The number of ether oxygens (including phenoxy) is 1. The first-order valence-electron chi connectivity index (χ1n) is 11.8. The molecule has 1 aromatic rings. The molecule has 0 amide bonds. The van der Waals surface area contributed by atoms with Crippen molar-refractivity contribution in [2.75, 3.05) is 6.61 Å². The summed E-state index contributed by atoms with van der Waals surface area (Å²) in [5.74, 6) is 0.459. The van der Waals surface area contributed by atoms with Gasteiger partial charge in [0.15, 0.2) is 0 Å². The largest absolute Gasteiger partial charge is 0.465 e. The van der Waals surface area contributed by atoms with Gasteiger partial charge in [0.05, 0.1) is 13.0 Å². The van der Waals surface area contributed by atoms with Gasteiger partial charge in [-0.3, -0.25) is 4.79 Å². The standard InChI is InChI=1S/C26H44O2/c1-5-7-9-11-12-14-18-24(17-13-10-8-6-2)21-28-26(27)20-25-19-15-16-22(3)23(25)4/h15-16,19,24H,5-14,17-18,20-21H2,1-4H3. The summed E-state index contributed by atoms with van der Waals surface area (Å²) in [6, 6.07) is 6.17. The number of carbonyl (C=O) groups is 1. The topological polar surface area (TPSA) is 26.3 Å². The van der Waals surface area contributed by atoms with E-state index < -0.39 is 0 Å². The van der Waals surface area contributed by atoms with Gasteiger partial charge >= 0.3 is 5.97 Å². The average molecular weight is 389 g/mol. The SMILES string of the molecule is CCCCCCCCC(CCCCCC)COC(=O)Cc1cccc(C)c1C. The molecule has 0 spiro atoms. The van der Waals surface area contributed by atoms with Crippen LogP contribution in [-0.4, -0.2) is 12.6 Å². The number of esters is 1. The van der Waals surface area contributed by atoms with Gasteiger partial charge < -0.3 is 4.74 Å². The highest BCUT2D eigenvalue weighted by Gasteiger charge is 2.14. The summed E-state index contributed by atoms with van der Waals surface area (Å²) in [6.45, 7) is 9.30. The van der Waals surface area contributed by atoms with Crippen LogP contribution in [0.2, 0.25) is 0 Å². The predicted molar refractivity (Wildman–Crippen MR) is 121 cm³/mol. The zero-order valence-electron chi connectivity index (χ0n) is 19.0. The van der Waals surface area contributed by atoms with Crippen LogP contribution >= 0.6 is 0 Å². The number of aryl methyl sites for hydroxylation is 1. The Morgan fingerprint density at radius 1 is 0.857 bits per heavy atom. The van der Waals surface area contributed by atoms with E-state index in [-0.39, 0.29) is 5.97 Å². The molecule has 0 saturated heterocycles. The number of carbonyl (C=O) groups excluding carboxylic acids is 1. The van der Waals surface area contributed by atoms with Gasteiger partial charge in [0.1, 0.15) is 0 Å². The Balaban J connectivity index is 2.40. The maximum absolute atomic E-state index is 12.4. The summed E-state index contributed by atoms with van der Waals surface area (Å²) in [4.78, 5) is 12.4. The maximum Gasteiger partial charge on any atom is 0.310 e. The van der Waals surface area contributed by atoms with Gasteiger partial charge in [0.2, 0.25) is 0 Å². The molecule has 160 valence electrons. The van der Waals surface area contributed by atoms with Gasteiger partial charge in [-0.1, -0.05) is 96.3 Å². The van der Waals surface area contributed by atoms with E-state index in [1.807, 2.05) is 12.1 Å². The van der Waals surface area contributed by atoms with E-state index in [4.69, 9.17) is 4.74 Å². The predicted octanol–water partition coefficient (Wildman–Crippen LogP) is 7.73. The summed E-state index contributed by atoms with van der Waals surface area (Å²) < 4.78 is 5.72. The quantitative estimate of drug-likeness (QED) is 0.214. The Bertz CT molecular complexity index is 535. The van der Waals surface area contributed by atoms with E-state index in [0.717, 1.165) is 5.56 Å². The molecule has 0 N–H and O–H groups in total. The van der Waals surface area contributed by atoms with Crippen LogP contribution in [0.4, 0.5) is 0 Å². The van der Waals surface area contributed by atoms with Crippen molar-refractivity contribution in [1.29, 1.82) is 0 Å². The molecule has 2 heteroatoms. The minimum Gasteiger partial charge on any atom is -0.465 e. The van der Waals surface area contributed by atoms with Crippen molar-refractivity contribution in [1.82, 2.24) is 0 Å². The van der Waals surface area contributed by atoms with Crippen LogP contribution in [0.15, 0.2) is 18.2 Å². The zero-order chi connectivity index (χ0) is 20.6. The van der Waals surface area contributed by atoms with Crippen molar-refractivity contribution in [3.8, 4) is 0 Å². The number of unbranched alkanes of at least 4 members (excludes halogenated alkanes) is 8. The van der Waals surface area contributed by atoms with Crippen molar-refractivity contribution in [2.24, 2.45) is 5.92 Å². The Labute approximate surface area is 174 Å². The number of rotatable bonds is 16. The summed E-state index contributed by atoms with van der Waals surface area (Å²) in [6.07, 6.45) is 15.9. The van der Waals surface area contributed by atoms with Gasteiger partial charge in [0.25, 0.3) is 0 Å². The first-order valence-corrected chi connectivity index (χ1v) is 11.8. The lowest BCUT2D eigenvalue weighted by Crippen LogP contribution is -2.16. The highest BCUT2D eigenvalue weighted by Crippen LogP contribution is 2.20. The van der Waals surface area contributed by atoms with Crippen LogP contribution in [0.3, 0.4) is 0 Å². The molecule has 28 heavy (non-hydrogen) atoms. The Hall–Kier alpha value is -1.31. The van der Waals surface area contributed by atoms with Crippen molar-refractivity contribution in [3.05, 3.63) is 34.9 Å². The van der Waals surface area contributed by atoms with Crippen molar-refractivity contribution in [2.45, 2.75) is 111 Å². The molecule has 0 fully saturated rings. The lowest BCUT2D eigenvalue weighted by Gasteiger charge is -2.17. The molecule has 0 heterocycles. The molecule has 0 radical (unpaired) electrons. The van der Waals surface area contributed by atoms with Gasteiger partial charge in [0, 0.05) is 0 Å². The summed E-state index contributed by atoms with van der Waals surface area (Å²) in [7, 11) is 0. The maximum atomic E-state index is 12.4. The molecule has 1 unspecified atom stereocenters. The van der Waals surface area contributed by atoms with Crippen LogP contribution in [0, 0.1) is 19.8 Å². The first-order chi connectivity index (χ1) is 13.6. The highest BCUT2D eigenvalue weighted by atomic mass is 16.5. The normalized spacial score (nSPS) is 12.1. The van der Waals surface area contributed by atoms with Crippen molar-refractivity contribution < 1.29 is 9.53 Å². The molecule has 0 bridgehead atoms. The summed E-state index contributed by atoms with van der Waals surface area (Å²) >= 11 is 0. The fraction of sp³-hybridized carbons (Fsp3) is 0.731. The van der Waals surface area contributed by atoms with Crippen LogP contribution in [-0.2, 0) is 16.0 Å². The minimum absolute atomic E-state index is 0.0739. The molecular formula is C26H44O2. The molecule has 1 aromatic carbocycles. The number of hydrogen-bond donors (Lipinski definition) is 0. The van der Waals surface area contributed by atoms with E-state index in [9.17, 15) is 4.79 Å². The molecule has 2 nitrogen and oxygen atoms in total. The van der Waals surface area contributed by atoms with E-state index >= 15 is 0 Å². The number of benzene rings is 1. The van der Waals surface area contributed by atoms with Crippen molar-refractivity contribution >= 4 is 5.97 Å². The minimum atomic E-state index is -0.0739. The highest BCUT2D eigenvalue weighted by molar-refractivity contribution is 5.73. The molecule has 0 aromatic heterocycles. The third kappa shape index (κ3) is 10.9. The van der Waals surface area contributed by atoms with Crippen LogP contribution in [0.5, 0.6) is 0 Å². The second kappa shape index (κ2) is 15.6. The fourth-order valence-corrected chi connectivity index (χ4v) is 3.80. The number of hydrogen-bond acceptors (Lipinski definition) is 2. The van der Waals surface area contributed by atoms with E-state index in [1.165, 1.54) is 88.2 Å². The Kier molecular flexibility index (Phi) is 13.8. The summed E-state index contributed by atoms with van der Waals surface area (Å²) in [5.41, 5.74) is 3.55. The average Bonchev–Trinajstić information content (AvgIpc) is 2.68. The molecule has 0 saturated carbocycles. The zero-order valence-corrected chi connectivity index (χ0v) is 19.0. The molecule has 1 atom stereocenters. The van der Waals surface area contributed by atoms with Crippen LogP contribution < -0.4 is 0 Å². The van der Waals surface area contributed by atoms with Crippen LogP contribution in [0.1, 0.15) is 108 Å². The van der Waals surface area contributed by atoms with Gasteiger partial charge in [-0.25, -0.2) is 0 Å². The molecule has 1 rings (SSSR count). The third-order valence-corrected chi connectivity index (χ3v) is 5.96.